The first kappa shape index (κ1) is 14.1. The number of ether oxygens (including phenoxy) is 1. The van der Waals surface area contributed by atoms with Gasteiger partial charge < -0.3 is 14.7 Å². The van der Waals surface area contributed by atoms with Crippen LogP contribution in [0.1, 0.15) is 18.4 Å². The monoisotopic (exact) mass is 275 g/mol. The van der Waals surface area contributed by atoms with E-state index in [4.69, 9.17) is 0 Å². The Balaban J connectivity index is 2.33. The molecule has 1 atom stereocenters. The van der Waals surface area contributed by atoms with Crippen LogP contribution >= 0.6 is 0 Å². The van der Waals surface area contributed by atoms with Gasteiger partial charge in [0.2, 0.25) is 0 Å². The summed E-state index contributed by atoms with van der Waals surface area (Å²) in [5, 5.41) is 10.6. The molecule has 0 bridgehead atoms. The third-order valence-electron chi connectivity index (χ3n) is 3.28. The third-order valence-corrected chi connectivity index (χ3v) is 3.28. The minimum absolute atomic E-state index is 0.193. The van der Waals surface area contributed by atoms with E-state index in [1.165, 1.54) is 18.2 Å². The van der Waals surface area contributed by atoms with E-state index in [-0.39, 0.29) is 11.3 Å². The van der Waals surface area contributed by atoms with Gasteiger partial charge in [-0.1, -0.05) is 18.2 Å². The van der Waals surface area contributed by atoms with Crippen molar-refractivity contribution >= 4 is 0 Å². The number of aliphatic hydroxyl groups is 1. The van der Waals surface area contributed by atoms with Gasteiger partial charge in [-0.2, -0.15) is 0 Å². The molecule has 1 aliphatic rings. The van der Waals surface area contributed by atoms with Crippen molar-refractivity contribution in [2.45, 2.75) is 24.8 Å². The van der Waals surface area contributed by atoms with Crippen molar-refractivity contribution in [1.29, 1.82) is 0 Å². The SMILES string of the molecule is CN1CCCC(O)(c2ccccc2OC(F)(F)F)C1. The number of para-hydroxylation sites is 1. The molecule has 1 heterocycles. The van der Waals surface area contributed by atoms with E-state index >= 15 is 0 Å². The van der Waals surface area contributed by atoms with E-state index in [0.29, 0.717) is 13.0 Å². The van der Waals surface area contributed by atoms with Crippen LogP contribution in [0.2, 0.25) is 0 Å². The summed E-state index contributed by atoms with van der Waals surface area (Å²) in [5.41, 5.74) is -1.10. The number of nitrogens with zero attached hydrogens (tertiary/aromatic N) is 1. The van der Waals surface area contributed by atoms with Gasteiger partial charge >= 0.3 is 6.36 Å². The number of alkyl halides is 3. The Bertz CT molecular complexity index is 450. The number of halogens is 3. The molecule has 0 saturated carbocycles. The lowest BCUT2D eigenvalue weighted by Crippen LogP contribution is -2.44. The number of hydrogen-bond donors (Lipinski definition) is 1. The lowest BCUT2D eigenvalue weighted by molar-refractivity contribution is -0.275. The molecule has 1 aliphatic heterocycles. The van der Waals surface area contributed by atoms with Gasteiger partial charge in [0.05, 0.1) is 0 Å². The Labute approximate surface area is 109 Å². The number of likely N-dealkylation sites (tertiary alicyclic amines) is 1. The molecule has 0 aromatic heterocycles. The fourth-order valence-electron chi connectivity index (χ4n) is 2.53. The molecule has 3 nitrogen and oxygen atoms in total. The van der Waals surface area contributed by atoms with Crippen molar-refractivity contribution in [3.63, 3.8) is 0 Å². The summed E-state index contributed by atoms with van der Waals surface area (Å²) < 4.78 is 41.1. The highest BCUT2D eigenvalue weighted by Crippen LogP contribution is 2.38. The van der Waals surface area contributed by atoms with Crippen LogP contribution in [-0.2, 0) is 5.60 Å². The predicted octanol–water partition coefficient (Wildman–Crippen LogP) is 2.50. The Morgan fingerprint density at radius 1 is 1.32 bits per heavy atom. The number of rotatable bonds is 2. The molecule has 0 radical (unpaired) electrons. The van der Waals surface area contributed by atoms with Gasteiger partial charge in [-0.25, -0.2) is 0 Å². The van der Waals surface area contributed by atoms with Crippen LogP contribution < -0.4 is 4.74 Å². The minimum atomic E-state index is -4.76. The molecular formula is C13H16F3NO2. The highest BCUT2D eigenvalue weighted by molar-refractivity contribution is 5.38. The summed E-state index contributed by atoms with van der Waals surface area (Å²) in [6, 6.07) is 5.78. The second-order valence-corrected chi connectivity index (χ2v) is 4.92. The second-order valence-electron chi connectivity index (χ2n) is 4.92. The molecule has 2 rings (SSSR count). The number of benzene rings is 1. The van der Waals surface area contributed by atoms with Gasteiger partial charge in [-0.05, 0) is 32.5 Å². The lowest BCUT2D eigenvalue weighted by atomic mass is 9.85. The molecule has 0 spiro atoms. The van der Waals surface area contributed by atoms with Gasteiger partial charge in [0.1, 0.15) is 11.4 Å². The molecule has 0 aliphatic carbocycles. The topological polar surface area (TPSA) is 32.7 Å². The fourth-order valence-corrected chi connectivity index (χ4v) is 2.53. The molecule has 1 aromatic rings. The van der Waals surface area contributed by atoms with Crippen LogP contribution in [0.3, 0.4) is 0 Å². The van der Waals surface area contributed by atoms with Crippen LogP contribution in [-0.4, -0.2) is 36.5 Å². The minimum Gasteiger partial charge on any atom is -0.405 e. The first-order chi connectivity index (χ1) is 8.80. The Hall–Kier alpha value is -1.27. The number of β-amino-alcohol motifs (C(OH)–C–C–N with tert-alkyl or cyclic N) is 1. The van der Waals surface area contributed by atoms with E-state index in [2.05, 4.69) is 4.74 Å². The van der Waals surface area contributed by atoms with E-state index in [0.717, 1.165) is 13.0 Å². The van der Waals surface area contributed by atoms with Crippen molar-refractivity contribution in [2.75, 3.05) is 20.1 Å². The predicted molar refractivity (Wildman–Crippen MR) is 63.8 cm³/mol. The third kappa shape index (κ3) is 3.39. The summed E-state index contributed by atoms with van der Waals surface area (Å²) in [4.78, 5) is 1.90. The standard InChI is InChI=1S/C13H16F3NO2/c1-17-8-4-7-12(18,9-17)10-5-2-3-6-11(10)19-13(14,15)16/h2-3,5-6,18H,4,7-9H2,1H3. The fraction of sp³-hybridized carbons (Fsp3) is 0.538. The van der Waals surface area contributed by atoms with E-state index in [9.17, 15) is 18.3 Å². The van der Waals surface area contributed by atoms with E-state index < -0.39 is 12.0 Å². The van der Waals surface area contributed by atoms with Crippen molar-refractivity contribution in [3.8, 4) is 5.75 Å². The summed E-state index contributed by atoms with van der Waals surface area (Å²) >= 11 is 0. The normalized spacial score (nSPS) is 25.3. The zero-order valence-electron chi connectivity index (χ0n) is 10.6. The van der Waals surface area contributed by atoms with Crippen molar-refractivity contribution < 1.29 is 23.0 Å². The Morgan fingerprint density at radius 3 is 2.63 bits per heavy atom. The molecule has 19 heavy (non-hydrogen) atoms. The maximum Gasteiger partial charge on any atom is 0.573 e. The average Bonchev–Trinajstić information content (AvgIpc) is 2.27. The number of piperidine rings is 1. The Morgan fingerprint density at radius 2 is 2.00 bits per heavy atom. The summed E-state index contributed by atoms with van der Waals surface area (Å²) in [7, 11) is 1.83. The van der Waals surface area contributed by atoms with Gasteiger partial charge in [-0.15, -0.1) is 13.2 Å². The van der Waals surface area contributed by atoms with Gasteiger partial charge in [-0.3, -0.25) is 0 Å². The smallest absolute Gasteiger partial charge is 0.405 e. The quantitative estimate of drug-likeness (QED) is 0.900. The molecular weight excluding hydrogens is 259 g/mol. The number of hydrogen-bond acceptors (Lipinski definition) is 3. The summed E-state index contributed by atoms with van der Waals surface area (Å²) in [6.45, 7) is 1.12. The molecule has 1 saturated heterocycles. The first-order valence-electron chi connectivity index (χ1n) is 6.06. The zero-order valence-corrected chi connectivity index (χ0v) is 10.6. The Kier molecular flexibility index (Phi) is 3.73. The van der Waals surface area contributed by atoms with E-state index in [1.54, 1.807) is 6.07 Å². The highest BCUT2D eigenvalue weighted by atomic mass is 19.4. The highest BCUT2D eigenvalue weighted by Gasteiger charge is 2.39. The molecule has 1 N–H and O–H groups in total. The number of likely N-dealkylation sites (N-methyl/N-ethyl adjacent to an activating group) is 1. The molecule has 1 unspecified atom stereocenters. The molecule has 6 heteroatoms. The average molecular weight is 275 g/mol. The summed E-state index contributed by atoms with van der Waals surface area (Å²) in [6.07, 6.45) is -3.60. The molecule has 106 valence electrons. The van der Waals surface area contributed by atoms with Crippen LogP contribution in [0.25, 0.3) is 0 Å². The van der Waals surface area contributed by atoms with Crippen LogP contribution in [0, 0.1) is 0 Å². The molecule has 1 aromatic carbocycles. The maximum atomic E-state index is 12.4. The van der Waals surface area contributed by atoms with Gasteiger partial charge in [0.25, 0.3) is 0 Å². The largest absolute Gasteiger partial charge is 0.573 e. The lowest BCUT2D eigenvalue weighted by Gasteiger charge is -2.38. The zero-order chi connectivity index (χ0) is 14.1. The second kappa shape index (κ2) is 5.02. The van der Waals surface area contributed by atoms with Crippen LogP contribution in [0.15, 0.2) is 24.3 Å². The van der Waals surface area contributed by atoms with Crippen LogP contribution in [0.5, 0.6) is 5.75 Å². The molecule has 0 amide bonds. The van der Waals surface area contributed by atoms with Crippen molar-refractivity contribution in [3.05, 3.63) is 29.8 Å². The van der Waals surface area contributed by atoms with Crippen LogP contribution in [0.4, 0.5) is 13.2 Å². The van der Waals surface area contributed by atoms with E-state index in [1.807, 2.05) is 11.9 Å². The maximum absolute atomic E-state index is 12.4. The first-order valence-corrected chi connectivity index (χ1v) is 6.06. The molecule has 1 fully saturated rings. The van der Waals surface area contributed by atoms with Crippen molar-refractivity contribution in [2.24, 2.45) is 0 Å². The van der Waals surface area contributed by atoms with Gasteiger partial charge in [0.15, 0.2) is 0 Å². The van der Waals surface area contributed by atoms with Crippen molar-refractivity contribution in [1.82, 2.24) is 4.90 Å². The van der Waals surface area contributed by atoms with Gasteiger partial charge in [0, 0.05) is 12.1 Å². The summed E-state index contributed by atoms with van der Waals surface area (Å²) in [5.74, 6) is -0.326.